The zero-order valence-corrected chi connectivity index (χ0v) is 11.0. The smallest absolute Gasteiger partial charge is 0.478 e. The van der Waals surface area contributed by atoms with Crippen molar-refractivity contribution in [3.05, 3.63) is 48.0 Å². The second-order valence-corrected chi connectivity index (χ2v) is 5.12. The fraction of sp³-hybridized carbons (Fsp3) is 0. The van der Waals surface area contributed by atoms with Gasteiger partial charge in [0.2, 0.25) is 0 Å². The molecule has 6 nitrogen and oxygen atoms in total. The van der Waals surface area contributed by atoms with E-state index in [-0.39, 0.29) is 5.75 Å². The molecule has 0 fully saturated rings. The van der Waals surface area contributed by atoms with Crippen molar-refractivity contribution in [1.82, 2.24) is 0 Å². The van der Waals surface area contributed by atoms with Crippen molar-refractivity contribution in [2.75, 3.05) is 0 Å². The van der Waals surface area contributed by atoms with E-state index < -0.39 is 13.8 Å². The van der Waals surface area contributed by atoms with Crippen molar-refractivity contribution < 1.29 is 28.8 Å². The van der Waals surface area contributed by atoms with Gasteiger partial charge in [-0.05, 0) is 22.9 Å². The highest BCUT2D eigenvalue weighted by Gasteiger charge is 2.18. The Kier molecular flexibility index (Phi) is 3.90. The molecule has 0 aliphatic rings. The minimum atomic E-state index is -4.72. The molecular formula is C13H11O6P. The zero-order valence-electron chi connectivity index (χ0n) is 10.1. The van der Waals surface area contributed by atoms with Gasteiger partial charge in [0.25, 0.3) is 0 Å². The highest BCUT2D eigenvalue weighted by Crippen LogP contribution is 2.41. The Morgan fingerprint density at radius 1 is 1.15 bits per heavy atom. The lowest BCUT2D eigenvalue weighted by atomic mass is 10.0. The van der Waals surface area contributed by atoms with Gasteiger partial charge in [-0.3, -0.25) is 9.79 Å². The molecule has 0 unspecified atom stereocenters. The van der Waals surface area contributed by atoms with Gasteiger partial charge in [0.05, 0.1) is 0 Å². The van der Waals surface area contributed by atoms with E-state index in [1.807, 2.05) is 0 Å². The molecule has 0 amide bonds. The highest BCUT2D eigenvalue weighted by molar-refractivity contribution is 7.46. The second kappa shape index (κ2) is 5.46. The molecule has 0 saturated heterocycles. The lowest BCUT2D eigenvalue weighted by Crippen LogP contribution is -1.94. The molecule has 0 aliphatic carbocycles. The normalized spacial score (nSPS) is 11.9. The number of aliphatic carboxylic acids is 1. The molecule has 0 aromatic heterocycles. The number of hydrogen-bond donors (Lipinski definition) is 3. The standard InChI is InChI=1S/C13H11O6P/c14-13(15)8-6-11-10-4-2-1-3-9(10)5-7-12(11)19-20(16,17)18/h1-8H,(H,14,15)(H2,16,17,18)/b8-6-. The molecule has 2 aromatic carbocycles. The molecule has 2 rings (SSSR count). The predicted molar refractivity (Wildman–Crippen MR) is 73.3 cm³/mol. The minimum absolute atomic E-state index is 0.0745. The molecule has 0 bridgehead atoms. The molecule has 0 aliphatic heterocycles. The van der Waals surface area contributed by atoms with Gasteiger partial charge in [0.15, 0.2) is 0 Å². The monoisotopic (exact) mass is 294 g/mol. The zero-order chi connectivity index (χ0) is 14.8. The fourth-order valence-corrected chi connectivity index (χ4v) is 2.23. The van der Waals surface area contributed by atoms with Crippen LogP contribution in [0.3, 0.4) is 0 Å². The van der Waals surface area contributed by atoms with E-state index in [0.717, 1.165) is 11.5 Å². The van der Waals surface area contributed by atoms with Crippen LogP contribution in [0.1, 0.15) is 5.56 Å². The van der Waals surface area contributed by atoms with Crippen LogP contribution in [0.4, 0.5) is 0 Å². The lowest BCUT2D eigenvalue weighted by Gasteiger charge is -2.12. The number of carboxylic acids is 1. The van der Waals surface area contributed by atoms with Gasteiger partial charge in [0.1, 0.15) is 5.75 Å². The Bertz CT molecular complexity index is 731. The predicted octanol–water partition coefficient (Wildman–Crippen LogP) is 2.41. The molecule has 0 spiro atoms. The van der Waals surface area contributed by atoms with Crippen LogP contribution in [0.15, 0.2) is 42.5 Å². The molecule has 7 heteroatoms. The van der Waals surface area contributed by atoms with Gasteiger partial charge in [-0.15, -0.1) is 0 Å². The molecule has 0 radical (unpaired) electrons. The average Bonchev–Trinajstić information content (AvgIpc) is 2.35. The number of carboxylic acid groups (broad SMARTS) is 1. The molecule has 20 heavy (non-hydrogen) atoms. The van der Waals surface area contributed by atoms with Crippen molar-refractivity contribution in [2.45, 2.75) is 0 Å². The van der Waals surface area contributed by atoms with Crippen LogP contribution < -0.4 is 4.52 Å². The number of phosphoric acid groups is 1. The number of benzene rings is 2. The Labute approximate surface area is 114 Å². The Morgan fingerprint density at radius 2 is 1.85 bits per heavy atom. The van der Waals surface area contributed by atoms with Crippen LogP contribution in [0.25, 0.3) is 16.8 Å². The summed E-state index contributed by atoms with van der Waals surface area (Å²) in [6.45, 7) is 0. The van der Waals surface area contributed by atoms with E-state index in [4.69, 9.17) is 14.9 Å². The van der Waals surface area contributed by atoms with E-state index in [2.05, 4.69) is 4.52 Å². The summed E-state index contributed by atoms with van der Waals surface area (Å²) in [4.78, 5) is 28.4. The van der Waals surface area contributed by atoms with E-state index >= 15 is 0 Å². The molecule has 0 saturated carbocycles. The second-order valence-electron chi connectivity index (χ2n) is 3.95. The van der Waals surface area contributed by atoms with E-state index in [1.165, 1.54) is 12.1 Å². The van der Waals surface area contributed by atoms with E-state index in [1.54, 1.807) is 30.3 Å². The Hall–Kier alpha value is -2.14. The molecular weight excluding hydrogens is 283 g/mol. The third-order valence-electron chi connectivity index (χ3n) is 2.54. The van der Waals surface area contributed by atoms with Crippen LogP contribution in [-0.2, 0) is 9.36 Å². The number of phosphoric ester groups is 1. The van der Waals surface area contributed by atoms with Gasteiger partial charge < -0.3 is 9.63 Å². The first kappa shape index (κ1) is 14.3. The Balaban J connectivity index is 2.64. The maximum atomic E-state index is 11.0. The van der Waals surface area contributed by atoms with Crippen molar-refractivity contribution in [2.24, 2.45) is 0 Å². The largest absolute Gasteiger partial charge is 0.524 e. The highest BCUT2D eigenvalue weighted by atomic mass is 31.2. The summed E-state index contributed by atoms with van der Waals surface area (Å²) in [6, 6.07) is 10.1. The van der Waals surface area contributed by atoms with Gasteiger partial charge >= 0.3 is 13.8 Å². The van der Waals surface area contributed by atoms with Crippen LogP contribution in [0, 0.1) is 0 Å². The van der Waals surface area contributed by atoms with Crippen LogP contribution >= 0.6 is 7.82 Å². The van der Waals surface area contributed by atoms with Crippen molar-refractivity contribution in [3.63, 3.8) is 0 Å². The van der Waals surface area contributed by atoms with Crippen molar-refractivity contribution in [3.8, 4) is 5.75 Å². The van der Waals surface area contributed by atoms with Crippen molar-refractivity contribution >= 4 is 30.6 Å². The first-order valence-corrected chi connectivity index (χ1v) is 7.08. The minimum Gasteiger partial charge on any atom is -0.478 e. The number of fused-ring (bicyclic) bond motifs is 1. The summed E-state index contributed by atoms with van der Waals surface area (Å²) in [5.41, 5.74) is 0.300. The summed E-state index contributed by atoms with van der Waals surface area (Å²) < 4.78 is 15.6. The molecule has 3 N–H and O–H groups in total. The molecule has 0 heterocycles. The van der Waals surface area contributed by atoms with Gasteiger partial charge in [-0.1, -0.05) is 30.3 Å². The number of carbonyl (C=O) groups is 1. The molecule has 104 valence electrons. The maximum Gasteiger partial charge on any atom is 0.524 e. The summed E-state index contributed by atoms with van der Waals surface area (Å²) in [5, 5.41) is 10.1. The van der Waals surface area contributed by atoms with E-state index in [9.17, 15) is 9.36 Å². The van der Waals surface area contributed by atoms with Crippen LogP contribution in [-0.4, -0.2) is 20.9 Å². The van der Waals surface area contributed by atoms with Gasteiger partial charge in [-0.2, -0.15) is 0 Å². The maximum absolute atomic E-state index is 11.0. The van der Waals surface area contributed by atoms with Gasteiger partial charge in [0, 0.05) is 11.6 Å². The van der Waals surface area contributed by atoms with E-state index in [0.29, 0.717) is 10.9 Å². The summed E-state index contributed by atoms with van der Waals surface area (Å²) in [5.74, 6) is -1.24. The summed E-state index contributed by atoms with van der Waals surface area (Å²) in [7, 11) is -4.72. The quantitative estimate of drug-likeness (QED) is 0.591. The topological polar surface area (TPSA) is 104 Å². The molecule has 2 aromatic rings. The lowest BCUT2D eigenvalue weighted by molar-refractivity contribution is -0.131. The molecule has 0 atom stereocenters. The summed E-state index contributed by atoms with van der Waals surface area (Å²) in [6.07, 6.45) is 2.13. The number of rotatable bonds is 4. The van der Waals surface area contributed by atoms with Gasteiger partial charge in [-0.25, -0.2) is 9.36 Å². The first-order chi connectivity index (χ1) is 9.37. The third-order valence-corrected chi connectivity index (χ3v) is 2.98. The Morgan fingerprint density at radius 3 is 2.50 bits per heavy atom. The average molecular weight is 294 g/mol. The van der Waals surface area contributed by atoms with Crippen LogP contribution in [0.5, 0.6) is 5.75 Å². The fourth-order valence-electron chi connectivity index (χ4n) is 1.81. The summed E-state index contributed by atoms with van der Waals surface area (Å²) >= 11 is 0. The van der Waals surface area contributed by atoms with Crippen LogP contribution in [0.2, 0.25) is 0 Å². The number of hydrogen-bond acceptors (Lipinski definition) is 3. The third kappa shape index (κ3) is 3.45. The first-order valence-electron chi connectivity index (χ1n) is 5.55. The van der Waals surface area contributed by atoms with Crippen molar-refractivity contribution in [1.29, 1.82) is 0 Å². The SMILES string of the molecule is O=C(O)/C=C\c1c(OP(=O)(O)O)ccc2ccccc12.